The van der Waals surface area contributed by atoms with E-state index in [1.807, 2.05) is 60.0 Å². The van der Waals surface area contributed by atoms with Crippen LogP contribution in [0.1, 0.15) is 17.3 Å². The first-order valence-electron chi connectivity index (χ1n) is 8.23. The fourth-order valence-corrected chi connectivity index (χ4v) is 3.42. The molecule has 0 aliphatic heterocycles. The van der Waals surface area contributed by atoms with E-state index in [1.165, 1.54) is 11.3 Å². The van der Waals surface area contributed by atoms with Crippen molar-refractivity contribution in [2.45, 2.75) is 12.5 Å². The zero-order valence-electron chi connectivity index (χ0n) is 14.4. The van der Waals surface area contributed by atoms with Crippen molar-refractivity contribution in [3.05, 3.63) is 71.2 Å². The first-order valence-corrected chi connectivity index (χ1v) is 9.11. The van der Waals surface area contributed by atoms with Crippen LogP contribution >= 0.6 is 11.3 Å². The molecule has 6 heteroatoms. The highest BCUT2D eigenvalue weighted by molar-refractivity contribution is 7.13. The lowest BCUT2D eigenvalue weighted by atomic mass is 10.1. The van der Waals surface area contributed by atoms with Gasteiger partial charge in [0, 0.05) is 10.9 Å². The van der Waals surface area contributed by atoms with Crippen molar-refractivity contribution in [2.24, 2.45) is 0 Å². The van der Waals surface area contributed by atoms with E-state index in [1.54, 1.807) is 7.11 Å². The average Bonchev–Trinajstić information content (AvgIpc) is 3.15. The van der Waals surface area contributed by atoms with Crippen LogP contribution < -0.4 is 10.1 Å². The zero-order chi connectivity index (χ0) is 18.4. The van der Waals surface area contributed by atoms with Gasteiger partial charge in [0.2, 0.25) is 5.91 Å². The van der Waals surface area contributed by atoms with Gasteiger partial charge in [0.05, 0.1) is 31.9 Å². The molecule has 0 aliphatic carbocycles. The maximum absolute atomic E-state index is 12.3. The summed E-state index contributed by atoms with van der Waals surface area (Å²) in [5.74, 6) is 0.598. The Morgan fingerprint density at radius 1 is 1.23 bits per heavy atom. The molecule has 2 aromatic carbocycles. The first-order chi connectivity index (χ1) is 12.7. The third kappa shape index (κ3) is 4.47. The molecule has 5 nitrogen and oxygen atoms in total. The predicted molar refractivity (Wildman–Crippen MR) is 102 cm³/mol. The average molecular weight is 368 g/mol. The second-order valence-corrected chi connectivity index (χ2v) is 6.62. The summed E-state index contributed by atoms with van der Waals surface area (Å²) >= 11 is 1.49. The molecule has 1 heterocycles. The molecule has 0 radical (unpaired) electrons. The quantitative estimate of drug-likeness (QED) is 0.672. The lowest BCUT2D eigenvalue weighted by molar-refractivity contribution is -0.121. The third-order valence-electron chi connectivity index (χ3n) is 3.93. The SMILES string of the molecule is COc1cccc(-c2nc(CC(=O)N[C@H](CO)c3ccccc3)cs2)c1. The van der Waals surface area contributed by atoms with Crippen molar-refractivity contribution >= 4 is 17.2 Å². The molecule has 0 spiro atoms. The van der Waals surface area contributed by atoms with E-state index in [9.17, 15) is 9.90 Å². The summed E-state index contributed by atoms with van der Waals surface area (Å²) in [6, 6.07) is 16.7. The minimum absolute atomic E-state index is 0.151. The number of hydrogen-bond acceptors (Lipinski definition) is 5. The van der Waals surface area contributed by atoms with E-state index < -0.39 is 6.04 Å². The number of carbonyl (C=O) groups is 1. The van der Waals surface area contributed by atoms with Crippen LogP contribution in [0.3, 0.4) is 0 Å². The zero-order valence-corrected chi connectivity index (χ0v) is 15.2. The van der Waals surface area contributed by atoms with Crippen molar-refractivity contribution in [2.75, 3.05) is 13.7 Å². The predicted octanol–water partition coefficient (Wildman–Crippen LogP) is 3.21. The molecule has 0 bridgehead atoms. The molecule has 1 amide bonds. The molecule has 0 fully saturated rings. The number of rotatable bonds is 7. The van der Waals surface area contributed by atoms with Gasteiger partial charge in [0.15, 0.2) is 0 Å². The third-order valence-corrected chi connectivity index (χ3v) is 4.87. The number of carbonyl (C=O) groups excluding carboxylic acids is 1. The van der Waals surface area contributed by atoms with Crippen molar-refractivity contribution in [3.8, 4) is 16.3 Å². The largest absolute Gasteiger partial charge is 0.497 e. The topological polar surface area (TPSA) is 71.5 Å². The van der Waals surface area contributed by atoms with Crippen LogP contribution in [0, 0.1) is 0 Å². The Morgan fingerprint density at radius 3 is 2.77 bits per heavy atom. The highest BCUT2D eigenvalue weighted by Gasteiger charge is 2.15. The monoisotopic (exact) mass is 368 g/mol. The number of ether oxygens (including phenoxy) is 1. The highest BCUT2D eigenvalue weighted by Crippen LogP contribution is 2.27. The van der Waals surface area contributed by atoms with Crippen LogP contribution in [-0.2, 0) is 11.2 Å². The lowest BCUT2D eigenvalue weighted by Gasteiger charge is -2.16. The summed E-state index contributed by atoms with van der Waals surface area (Å²) in [6.07, 6.45) is 0.170. The number of benzene rings is 2. The molecule has 26 heavy (non-hydrogen) atoms. The summed E-state index contributed by atoms with van der Waals surface area (Å²) < 4.78 is 5.23. The fraction of sp³-hybridized carbons (Fsp3) is 0.200. The second kappa shape index (κ2) is 8.60. The highest BCUT2D eigenvalue weighted by atomic mass is 32.1. The number of nitrogens with one attached hydrogen (secondary N) is 1. The van der Waals surface area contributed by atoms with Gasteiger partial charge in [-0.1, -0.05) is 42.5 Å². The first kappa shape index (κ1) is 18.1. The Balaban J connectivity index is 1.65. The Bertz CT molecular complexity index is 864. The van der Waals surface area contributed by atoms with Crippen LogP contribution in [0.5, 0.6) is 5.75 Å². The summed E-state index contributed by atoms with van der Waals surface area (Å²) in [4.78, 5) is 16.9. The van der Waals surface area contributed by atoms with Gasteiger partial charge in [-0.3, -0.25) is 4.79 Å². The van der Waals surface area contributed by atoms with Crippen molar-refractivity contribution in [3.63, 3.8) is 0 Å². The lowest BCUT2D eigenvalue weighted by Crippen LogP contribution is -2.32. The minimum atomic E-state index is -0.416. The number of methoxy groups -OCH3 is 1. The molecule has 0 unspecified atom stereocenters. The summed E-state index contributed by atoms with van der Waals surface area (Å²) in [5, 5.41) is 15.1. The Labute approximate surface area is 156 Å². The van der Waals surface area contributed by atoms with Crippen LogP contribution in [0.4, 0.5) is 0 Å². The number of amides is 1. The van der Waals surface area contributed by atoms with Crippen LogP contribution in [0.15, 0.2) is 60.0 Å². The molecule has 3 rings (SSSR count). The van der Waals surface area contributed by atoms with E-state index in [2.05, 4.69) is 10.3 Å². The van der Waals surface area contributed by atoms with Crippen molar-refractivity contribution < 1.29 is 14.6 Å². The molecule has 0 aliphatic rings. The van der Waals surface area contributed by atoms with Gasteiger partial charge in [-0.05, 0) is 17.7 Å². The Kier molecular flexibility index (Phi) is 5.99. The summed E-state index contributed by atoms with van der Waals surface area (Å²) in [6.45, 7) is -0.151. The van der Waals surface area contributed by atoms with E-state index in [0.717, 1.165) is 21.9 Å². The number of aliphatic hydroxyl groups excluding tert-OH is 1. The van der Waals surface area contributed by atoms with E-state index in [-0.39, 0.29) is 18.9 Å². The van der Waals surface area contributed by atoms with Crippen LogP contribution in [0.25, 0.3) is 10.6 Å². The summed E-state index contributed by atoms with van der Waals surface area (Å²) in [7, 11) is 1.63. The Morgan fingerprint density at radius 2 is 2.04 bits per heavy atom. The molecular formula is C20H20N2O3S. The smallest absolute Gasteiger partial charge is 0.226 e. The van der Waals surface area contributed by atoms with Gasteiger partial charge in [-0.15, -0.1) is 11.3 Å². The van der Waals surface area contributed by atoms with E-state index >= 15 is 0 Å². The molecule has 134 valence electrons. The molecule has 3 aromatic rings. The van der Waals surface area contributed by atoms with Gasteiger partial charge in [-0.25, -0.2) is 4.98 Å². The summed E-state index contributed by atoms with van der Waals surface area (Å²) in [5.41, 5.74) is 2.53. The molecule has 2 N–H and O–H groups in total. The normalized spacial score (nSPS) is 11.8. The van der Waals surface area contributed by atoms with Gasteiger partial charge in [0.25, 0.3) is 0 Å². The maximum Gasteiger partial charge on any atom is 0.226 e. The molecule has 1 atom stereocenters. The number of thiazole rings is 1. The van der Waals surface area contributed by atoms with Crippen molar-refractivity contribution in [1.82, 2.24) is 10.3 Å². The standard InChI is InChI=1S/C20H20N2O3S/c1-25-17-9-5-8-15(10-17)20-21-16(13-26-20)11-19(24)22-18(12-23)14-6-3-2-4-7-14/h2-10,13,18,23H,11-12H2,1H3,(H,22,24)/t18-/m1/s1. The number of hydrogen-bond donors (Lipinski definition) is 2. The minimum Gasteiger partial charge on any atom is -0.497 e. The number of nitrogens with zero attached hydrogens (tertiary/aromatic N) is 1. The Hall–Kier alpha value is -2.70. The van der Waals surface area contributed by atoms with E-state index in [4.69, 9.17) is 4.74 Å². The van der Waals surface area contributed by atoms with Gasteiger partial charge >= 0.3 is 0 Å². The second-order valence-electron chi connectivity index (χ2n) is 5.77. The van der Waals surface area contributed by atoms with Gasteiger partial charge in [0.1, 0.15) is 10.8 Å². The number of aromatic nitrogens is 1. The van der Waals surface area contributed by atoms with Gasteiger partial charge < -0.3 is 15.2 Å². The van der Waals surface area contributed by atoms with Crippen molar-refractivity contribution in [1.29, 1.82) is 0 Å². The molecule has 1 aromatic heterocycles. The molecule has 0 saturated carbocycles. The van der Waals surface area contributed by atoms with Crippen LogP contribution in [-0.4, -0.2) is 29.7 Å². The fourth-order valence-electron chi connectivity index (χ4n) is 2.61. The number of aliphatic hydroxyl groups is 1. The molecule has 0 saturated heterocycles. The van der Waals surface area contributed by atoms with Crippen LogP contribution in [0.2, 0.25) is 0 Å². The molecular weight excluding hydrogens is 348 g/mol. The van der Waals surface area contributed by atoms with E-state index in [0.29, 0.717) is 5.69 Å². The van der Waals surface area contributed by atoms with Gasteiger partial charge in [-0.2, -0.15) is 0 Å². The maximum atomic E-state index is 12.3.